The molecule has 1 fully saturated rings. The van der Waals surface area contributed by atoms with Gasteiger partial charge in [0, 0.05) is 6.92 Å². The van der Waals surface area contributed by atoms with Crippen LogP contribution in [-0.2, 0) is 10.3 Å². The number of rotatable bonds is 2. The van der Waals surface area contributed by atoms with Gasteiger partial charge < -0.3 is 14.5 Å². The third-order valence-electron chi connectivity index (χ3n) is 3.22. The maximum atomic E-state index is 5.54. The predicted octanol–water partition coefficient (Wildman–Crippen LogP) is 1.58. The quantitative estimate of drug-likeness (QED) is 0.831. The standard InChI is InChI=1S/C12H14N2O2/c1-8-14-10-4-3-9(5-11(10)16-8)12(13-2)6-15-7-12/h3-5,13H,6-7H2,1-2H3. The van der Waals surface area contributed by atoms with E-state index in [0.29, 0.717) is 19.1 Å². The highest BCUT2D eigenvalue weighted by Gasteiger charge is 2.39. The molecule has 1 aromatic carbocycles. The highest BCUT2D eigenvalue weighted by molar-refractivity contribution is 5.73. The second-order valence-electron chi connectivity index (χ2n) is 4.24. The van der Waals surface area contributed by atoms with Crippen molar-refractivity contribution in [1.29, 1.82) is 0 Å². The van der Waals surface area contributed by atoms with Gasteiger partial charge in [0.15, 0.2) is 11.5 Å². The minimum Gasteiger partial charge on any atom is -0.441 e. The predicted molar refractivity (Wildman–Crippen MR) is 60.3 cm³/mol. The molecule has 0 aliphatic carbocycles. The number of hydrogen-bond donors (Lipinski definition) is 1. The van der Waals surface area contributed by atoms with Crippen molar-refractivity contribution < 1.29 is 9.15 Å². The Balaban J connectivity index is 2.10. The van der Waals surface area contributed by atoms with E-state index in [4.69, 9.17) is 9.15 Å². The summed E-state index contributed by atoms with van der Waals surface area (Å²) in [6.07, 6.45) is 0. The topological polar surface area (TPSA) is 47.3 Å². The second-order valence-corrected chi connectivity index (χ2v) is 4.24. The lowest BCUT2D eigenvalue weighted by Crippen LogP contribution is -2.56. The van der Waals surface area contributed by atoms with Crippen molar-refractivity contribution in [3.8, 4) is 0 Å². The van der Waals surface area contributed by atoms with Crippen molar-refractivity contribution in [3.05, 3.63) is 29.7 Å². The molecule has 1 aliphatic heterocycles. The summed E-state index contributed by atoms with van der Waals surface area (Å²) < 4.78 is 10.8. The van der Waals surface area contributed by atoms with Gasteiger partial charge in [-0.15, -0.1) is 0 Å². The summed E-state index contributed by atoms with van der Waals surface area (Å²) >= 11 is 0. The van der Waals surface area contributed by atoms with E-state index in [1.807, 2.05) is 26.1 Å². The molecule has 0 amide bonds. The Morgan fingerprint density at radius 1 is 1.38 bits per heavy atom. The zero-order chi connectivity index (χ0) is 11.2. The van der Waals surface area contributed by atoms with E-state index in [1.165, 1.54) is 5.56 Å². The first-order valence-corrected chi connectivity index (χ1v) is 5.38. The van der Waals surface area contributed by atoms with E-state index >= 15 is 0 Å². The van der Waals surface area contributed by atoms with E-state index in [9.17, 15) is 0 Å². The molecule has 84 valence electrons. The third kappa shape index (κ3) is 1.27. The Hall–Kier alpha value is -1.39. The summed E-state index contributed by atoms with van der Waals surface area (Å²) in [5.74, 6) is 0.704. The number of aromatic nitrogens is 1. The van der Waals surface area contributed by atoms with Crippen molar-refractivity contribution >= 4 is 11.1 Å². The number of nitrogens with zero attached hydrogens (tertiary/aromatic N) is 1. The molecule has 0 unspecified atom stereocenters. The second kappa shape index (κ2) is 3.30. The van der Waals surface area contributed by atoms with Gasteiger partial charge in [-0.2, -0.15) is 0 Å². The fourth-order valence-electron chi connectivity index (χ4n) is 2.10. The molecule has 1 aromatic heterocycles. The van der Waals surface area contributed by atoms with E-state index < -0.39 is 0 Å². The van der Waals surface area contributed by atoms with Crippen LogP contribution in [0.25, 0.3) is 11.1 Å². The van der Waals surface area contributed by atoms with Crippen LogP contribution in [0.5, 0.6) is 0 Å². The first-order valence-electron chi connectivity index (χ1n) is 5.38. The van der Waals surface area contributed by atoms with E-state index in [0.717, 1.165) is 11.1 Å². The molecule has 16 heavy (non-hydrogen) atoms. The van der Waals surface area contributed by atoms with Crippen molar-refractivity contribution in [3.63, 3.8) is 0 Å². The zero-order valence-corrected chi connectivity index (χ0v) is 9.41. The van der Waals surface area contributed by atoms with Crippen LogP contribution < -0.4 is 5.32 Å². The van der Waals surface area contributed by atoms with Crippen LogP contribution in [0.15, 0.2) is 22.6 Å². The maximum absolute atomic E-state index is 5.54. The van der Waals surface area contributed by atoms with Gasteiger partial charge in [-0.1, -0.05) is 6.07 Å². The summed E-state index contributed by atoms with van der Waals surface area (Å²) in [7, 11) is 1.96. The number of likely N-dealkylation sites (N-methyl/N-ethyl adjacent to an activating group) is 1. The van der Waals surface area contributed by atoms with Crippen LogP contribution in [-0.4, -0.2) is 25.2 Å². The fourth-order valence-corrected chi connectivity index (χ4v) is 2.10. The van der Waals surface area contributed by atoms with Crippen LogP contribution in [0.3, 0.4) is 0 Å². The molecule has 1 saturated heterocycles. The monoisotopic (exact) mass is 218 g/mol. The Morgan fingerprint density at radius 2 is 2.19 bits per heavy atom. The molecule has 2 aromatic rings. The summed E-state index contributed by atoms with van der Waals surface area (Å²) in [6.45, 7) is 3.28. The average Bonchev–Trinajstić information content (AvgIpc) is 2.56. The molecule has 4 heteroatoms. The number of oxazole rings is 1. The highest BCUT2D eigenvalue weighted by Crippen LogP contribution is 2.31. The van der Waals surface area contributed by atoms with Crippen LogP contribution >= 0.6 is 0 Å². The van der Waals surface area contributed by atoms with Gasteiger partial charge in [-0.25, -0.2) is 4.98 Å². The summed E-state index contributed by atoms with van der Waals surface area (Å²) in [6, 6.07) is 6.14. The summed E-state index contributed by atoms with van der Waals surface area (Å²) in [4.78, 5) is 4.29. The van der Waals surface area contributed by atoms with E-state index in [1.54, 1.807) is 0 Å². The molecule has 0 saturated carbocycles. The molecule has 0 spiro atoms. The Morgan fingerprint density at radius 3 is 2.81 bits per heavy atom. The lowest BCUT2D eigenvalue weighted by molar-refractivity contribution is -0.0747. The summed E-state index contributed by atoms with van der Waals surface area (Å²) in [5, 5.41) is 3.32. The molecule has 1 N–H and O–H groups in total. The van der Waals surface area contributed by atoms with Gasteiger partial charge in [-0.05, 0) is 24.7 Å². The van der Waals surface area contributed by atoms with Crippen molar-refractivity contribution in [2.45, 2.75) is 12.5 Å². The molecule has 0 bridgehead atoms. The number of hydrogen-bond acceptors (Lipinski definition) is 4. The molecule has 2 heterocycles. The van der Waals surface area contributed by atoms with E-state index in [-0.39, 0.29) is 5.54 Å². The number of benzene rings is 1. The Labute approximate surface area is 93.6 Å². The van der Waals surface area contributed by atoms with Gasteiger partial charge in [0.25, 0.3) is 0 Å². The number of ether oxygens (including phenoxy) is 1. The molecule has 4 nitrogen and oxygen atoms in total. The number of aryl methyl sites for hydroxylation is 1. The Bertz CT molecular complexity index is 523. The fraction of sp³-hybridized carbons (Fsp3) is 0.417. The van der Waals surface area contributed by atoms with Crippen molar-refractivity contribution in [2.75, 3.05) is 20.3 Å². The summed E-state index contributed by atoms with van der Waals surface area (Å²) in [5.41, 5.74) is 2.91. The molecule has 0 radical (unpaired) electrons. The lowest BCUT2D eigenvalue weighted by atomic mass is 9.88. The van der Waals surface area contributed by atoms with Crippen LogP contribution in [0.4, 0.5) is 0 Å². The van der Waals surface area contributed by atoms with E-state index in [2.05, 4.69) is 16.4 Å². The largest absolute Gasteiger partial charge is 0.441 e. The number of nitrogens with one attached hydrogen (secondary N) is 1. The highest BCUT2D eigenvalue weighted by atomic mass is 16.5. The van der Waals surface area contributed by atoms with Gasteiger partial charge in [0.2, 0.25) is 0 Å². The minimum atomic E-state index is -0.0467. The first kappa shape index (κ1) is 9.81. The maximum Gasteiger partial charge on any atom is 0.192 e. The third-order valence-corrected chi connectivity index (χ3v) is 3.22. The SMILES string of the molecule is CNC1(c2ccc3nc(C)oc3c2)COC1. The normalized spacial score (nSPS) is 18.6. The minimum absolute atomic E-state index is 0.0467. The first-order chi connectivity index (χ1) is 7.73. The van der Waals surface area contributed by atoms with Crippen LogP contribution in [0, 0.1) is 6.92 Å². The van der Waals surface area contributed by atoms with Crippen molar-refractivity contribution in [2.24, 2.45) is 0 Å². The molecular weight excluding hydrogens is 204 g/mol. The molecule has 1 aliphatic rings. The molecule has 0 atom stereocenters. The smallest absolute Gasteiger partial charge is 0.192 e. The molecular formula is C12H14N2O2. The molecule has 3 rings (SSSR count). The zero-order valence-electron chi connectivity index (χ0n) is 9.41. The number of fused-ring (bicyclic) bond motifs is 1. The van der Waals surface area contributed by atoms with Gasteiger partial charge >= 0.3 is 0 Å². The average molecular weight is 218 g/mol. The van der Waals surface area contributed by atoms with Gasteiger partial charge in [0.05, 0.1) is 18.8 Å². The van der Waals surface area contributed by atoms with Crippen LogP contribution in [0.2, 0.25) is 0 Å². The Kier molecular flexibility index (Phi) is 2.02. The van der Waals surface area contributed by atoms with Gasteiger partial charge in [0.1, 0.15) is 5.52 Å². The van der Waals surface area contributed by atoms with Crippen LogP contribution in [0.1, 0.15) is 11.5 Å². The van der Waals surface area contributed by atoms with Crippen molar-refractivity contribution in [1.82, 2.24) is 10.3 Å². The van der Waals surface area contributed by atoms with Gasteiger partial charge in [-0.3, -0.25) is 0 Å². The lowest BCUT2D eigenvalue weighted by Gasteiger charge is -2.41.